The molecule has 0 aliphatic heterocycles. The Morgan fingerprint density at radius 2 is 1.85 bits per heavy atom. The van der Waals surface area contributed by atoms with Gasteiger partial charge in [0.15, 0.2) is 0 Å². The van der Waals surface area contributed by atoms with E-state index in [2.05, 4.69) is 0 Å². The highest BCUT2D eigenvalue weighted by atomic mass is 32.2. The highest BCUT2D eigenvalue weighted by Crippen LogP contribution is 2.37. The summed E-state index contributed by atoms with van der Waals surface area (Å²) in [7, 11) is -3.36. The van der Waals surface area contributed by atoms with Crippen molar-refractivity contribution >= 4 is 10.0 Å². The Morgan fingerprint density at radius 3 is 2.38 bits per heavy atom. The van der Waals surface area contributed by atoms with E-state index in [-0.39, 0.29) is 10.7 Å². The van der Waals surface area contributed by atoms with Gasteiger partial charge in [0.1, 0.15) is 0 Å². The van der Waals surface area contributed by atoms with E-state index in [4.69, 9.17) is 5.14 Å². The van der Waals surface area contributed by atoms with Gasteiger partial charge in [-0.25, -0.2) is 13.6 Å². The summed E-state index contributed by atoms with van der Waals surface area (Å²) in [6.07, 6.45) is 4.94. The molecule has 1 fully saturated rings. The first kappa shape index (κ1) is 11.0. The average molecular weight is 205 g/mol. The second-order valence-corrected chi connectivity index (χ2v) is 6.41. The molecule has 0 aromatic heterocycles. The molecule has 0 bridgehead atoms. The van der Waals surface area contributed by atoms with Crippen LogP contribution in [-0.4, -0.2) is 13.7 Å². The molecule has 1 saturated carbocycles. The van der Waals surface area contributed by atoms with Crippen LogP contribution in [0.15, 0.2) is 0 Å². The maximum atomic E-state index is 11.3. The smallest absolute Gasteiger partial charge is 0.212 e. The van der Waals surface area contributed by atoms with Crippen molar-refractivity contribution in [2.45, 2.75) is 51.2 Å². The lowest BCUT2D eigenvalue weighted by Crippen LogP contribution is -2.39. The van der Waals surface area contributed by atoms with Gasteiger partial charge in [-0.05, 0) is 18.3 Å². The molecule has 0 saturated heterocycles. The van der Waals surface area contributed by atoms with Gasteiger partial charge in [0.05, 0.1) is 5.25 Å². The second-order valence-electron chi connectivity index (χ2n) is 4.67. The van der Waals surface area contributed by atoms with E-state index in [1.54, 1.807) is 0 Å². The summed E-state index contributed by atoms with van der Waals surface area (Å²) in [6.45, 7) is 4.01. The van der Waals surface area contributed by atoms with Crippen molar-refractivity contribution in [1.29, 1.82) is 0 Å². The van der Waals surface area contributed by atoms with Crippen LogP contribution in [0.3, 0.4) is 0 Å². The fourth-order valence-electron chi connectivity index (χ4n) is 2.25. The van der Waals surface area contributed by atoms with Gasteiger partial charge in [-0.2, -0.15) is 0 Å². The van der Waals surface area contributed by atoms with Crippen LogP contribution in [0.2, 0.25) is 0 Å². The van der Waals surface area contributed by atoms with Crippen molar-refractivity contribution in [2.24, 2.45) is 10.6 Å². The predicted molar refractivity (Wildman–Crippen MR) is 53.8 cm³/mol. The number of hydrogen-bond acceptors (Lipinski definition) is 2. The lowest BCUT2D eigenvalue weighted by atomic mass is 9.84. The maximum absolute atomic E-state index is 11.3. The third kappa shape index (κ3) is 2.68. The summed E-state index contributed by atoms with van der Waals surface area (Å²) in [4.78, 5) is 0. The number of sulfonamides is 1. The van der Waals surface area contributed by atoms with Crippen molar-refractivity contribution in [2.75, 3.05) is 0 Å². The lowest BCUT2D eigenvalue weighted by molar-refractivity contribution is 0.315. The fourth-order valence-corrected chi connectivity index (χ4v) is 3.75. The molecule has 0 radical (unpaired) electrons. The summed E-state index contributed by atoms with van der Waals surface area (Å²) in [5.74, 6) is 0. The molecule has 1 atom stereocenters. The van der Waals surface area contributed by atoms with Gasteiger partial charge in [0, 0.05) is 0 Å². The van der Waals surface area contributed by atoms with Crippen LogP contribution >= 0.6 is 0 Å². The first-order valence-electron chi connectivity index (χ1n) is 4.86. The van der Waals surface area contributed by atoms with Gasteiger partial charge in [-0.3, -0.25) is 0 Å². The zero-order chi connectivity index (χ0) is 10.1. The van der Waals surface area contributed by atoms with Gasteiger partial charge in [0.2, 0.25) is 10.0 Å². The minimum absolute atomic E-state index is 0.149. The third-order valence-electron chi connectivity index (χ3n) is 3.06. The fraction of sp³-hybridized carbons (Fsp3) is 1.00. The first-order chi connectivity index (χ1) is 5.84. The van der Waals surface area contributed by atoms with Gasteiger partial charge >= 0.3 is 0 Å². The van der Waals surface area contributed by atoms with Crippen molar-refractivity contribution < 1.29 is 8.42 Å². The molecule has 78 valence electrons. The summed E-state index contributed by atoms with van der Waals surface area (Å²) in [5, 5.41) is 4.88. The van der Waals surface area contributed by atoms with E-state index < -0.39 is 10.0 Å². The standard InChI is InChI=1S/C9H19NO2S/c1-9(2)7-5-3-4-6-8(9)13(10,11)12/h8H,3-7H2,1-2H3,(H2,10,11,12). The zero-order valence-corrected chi connectivity index (χ0v) is 9.23. The molecule has 13 heavy (non-hydrogen) atoms. The predicted octanol–water partition coefficient (Wildman–Crippen LogP) is 1.63. The molecule has 4 heteroatoms. The van der Waals surface area contributed by atoms with Crippen LogP contribution in [0.5, 0.6) is 0 Å². The minimum atomic E-state index is -3.36. The summed E-state index contributed by atoms with van der Waals surface area (Å²) in [6, 6.07) is 0. The third-order valence-corrected chi connectivity index (χ3v) is 4.72. The number of rotatable bonds is 1. The van der Waals surface area contributed by atoms with Crippen LogP contribution in [0.25, 0.3) is 0 Å². The zero-order valence-electron chi connectivity index (χ0n) is 8.41. The van der Waals surface area contributed by atoms with Gasteiger partial charge < -0.3 is 0 Å². The molecule has 1 rings (SSSR count). The van der Waals surface area contributed by atoms with E-state index in [9.17, 15) is 8.42 Å². The number of primary sulfonamides is 1. The molecular formula is C9H19NO2S. The molecule has 0 amide bonds. The molecule has 0 aromatic rings. The van der Waals surface area contributed by atoms with Crippen LogP contribution in [0, 0.1) is 5.41 Å². The highest BCUT2D eigenvalue weighted by Gasteiger charge is 2.37. The van der Waals surface area contributed by atoms with Crippen molar-refractivity contribution in [3.63, 3.8) is 0 Å². The monoisotopic (exact) mass is 205 g/mol. The van der Waals surface area contributed by atoms with Gasteiger partial charge in [-0.1, -0.05) is 33.1 Å². The Kier molecular flexibility index (Phi) is 3.02. The average Bonchev–Trinajstić information content (AvgIpc) is 2.07. The van der Waals surface area contributed by atoms with E-state index >= 15 is 0 Å². The van der Waals surface area contributed by atoms with Crippen molar-refractivity contribution in [1.82, 2.24) is 0 Å². The van der Waals surface area contributed by atoms with Crippen LogP contribution in [0.4, 0.5) is 0 Å². The van der Waals surface area contributed by atoms with E-state index in [0.717, 1.165) is 32.1 Å². The molecule has 0 spiro atoms. The Bertz CT molecular complexity index is 269. The molecule has 0 heterocycles. The van der Waals surface area contributed by atoms with Crippen molar-refractivity contribution in [3.8, 4) is 0 Å². The van der Waals surface area contributed by atoms with E-state index in [1.807, 2.05) is 13.8 Å². The molecular weight excluding hydrogens is 186 g/mol. The van der Waals surface area contributed by atoms with Crippen LogP contribution < -0.4 is 5.14 Å². The summed E-state index contributed by atoms with van der Waals surface area (Å²) in [5.41, 5.74) is -0.149. The maximum Gasteiger partial charge on any atom is 0.212 e. The molecule has 2 N–H and O–H groups in total. The normalized spacial score (nSPS) is 29.6. The molecule has 1 aliphatic carbocycles. The number of hydrogen-bond donors (Lipinski definition) is 1. The van der Waals surface area contributed by atoms with Gasteiger partial charge in [-0.15, -0.1) is 0 Å². The first-order valence-corrected chi connectivity index (χ1v) is 6.46. The van der Waals surface area contributed by atoms with E-state index in [1.165, 1.54) is 0 Å². The second kappa shape index (κ2) is 3.58. The number of nitrogens with two attached hydrogens (primary N) is 1. The lowest BCUT2D eigenvalue weighted by Gasteiger charge is -2.30. The Labute approximate surface area is 80.8 Å². The quantitative estimate of drug-likeness (QED) is 0.661. The summed E-state index contributed by atoms with van der Waals surface area (Å²) >= 11 is 0. The Balaban J connectivity index is 2.91. The van der Waals surface area contributed by atoms with Crippen LogP contribution in [-0.2, 0) is 10.0 Å². The Hall–Kier alpha value is -0.0900. The topological polar surface area (TPSA) is 60.2 Å². The molecule has 3 nitrogen and oxygen atoms in total. The SMILES string of the molecule is CC1(C)CCCCCC1S(N)(=O)=O. The highest BCUT2D eigenvalue weighted by molar-refractivity contribution is 7.89. The largest absolute Gasteiger partial charge is 0.228 e. The van der Waals surface area contributed by atoms with E-state index in [0.29, 0.717) is 0 Å². The van der Waals surface area contributed by atoms with Gasteiger partial charge in [0.25, 0.3) is 0 Å². The van der Waals surface area contributed by atoms with Crippen molar-refractivity contribution in [3.05, 3.63) is 0 Å². The summed E-state index contributed by atoms with van der Waals surface area (Å²) < 4.78 is 22.7. The minimum Gasteiger partial charge on any atom is -0.228 e. The Morgan fingerprint density at radius 1 is 1.23 bits per heavy atom. The molecule has 0 aromatic carbocycles. The van der Waals surface area contributed by atoms with Crippen LogP contribution in [0.1, 0.15) is 46.0 Å². The molecule has 1 aliphatic rings. The molecule has 1 unspecified atom stereocenters.